The van der Waals surface area contributed by atoms with Crippen LogP contribution in [0.5, 0.6) is 0 Å². The van der Waals surface area contributed by atoms with E-state index >= 15 is 0 Å². The van der Waals surface area contributed by atoms with Crippen LogP contribution in [0.2, 0.25) is 0 Å². The highest BCUT2D eigenvalue weighted by Crippen LogP contribution is 2.26. The van der Waals surface area contributed by atoms with Gasteiger partial charge in [0.15, 0.2) is 0 Å². The van der Waals surface area contributed by atoms with Gasteiger partial charge in [0.2, 0.25) is 0 Å². The Kier molecular flexibility index (Phi) is 5.51. The third-order valence-electron chi connectivity index (χ3n) is 6.92. The third kappa shape index (κ3) is 3.93. The number of fused-ring (bicyclic) bond motifs is 1. The Morgan fingerprint density at radius 2 is 1.97 bits per heavy atom. The number of nitrogens with one attached hydrogen (secondary N) is 2. The Balaban J connectivity index is 1.30. The van der Waals surface area contributed by atoms with Crippen LogP contribution in [0.25, 0.3) is 10.8 Å². The van der Waals surface area contributed by atoms with Crippen LogP contribution in [0.3, 0.4) is 0 Å². The molecule has 2 aliphatic rings. The normalized spacial score (nSPS) is 17.8. The third-order valence-corrected chi connectivity index (χ3v) is 6.92. The Morgan fingerprint density at radius 3 is 2.69 bits per heavy atom. The maximum absolute atomic E-state index is 14.5. The predicted octanol–water partition coefficient (Wildman–Crippen LogP) is 3.26. The van der Waals surface area contributed by atoms with Gasteiger partial charge in [0, 0.05) is 42.9 Å². The minimum absolute atomic E-state index is 0.0919. The fraction of sp³-hybridized carbons (Fsp3) is 0.400. The van der Waals surface area contributed by atoms with Crippen molar-refractivity contribution in [3.8, 4) is 0 Å². The smallest absolute Gasteiger partial charge is 0.272 e. The van der Waals surface area contributed by atoms with Gasteiger partial charge in [-0.15, -0.1) is 0 Å². The monoisotopic (exact) mass is 434 g/mol. The summed E-state index contributed by atoms with van der Waals surface area (Å²) in [4.78, 5) is 26.7. The number of carbonyl (C=O) groups excluding carboxylic acids is 1. The molecule has 1 saturated carbocycles. The lowest BCUT2D eigenvalue weighted by Crippen LogP contribution is -2.58. The van der Waals surface area contributed by atoms with E-state index in [0.29, 0.717) is 48.6 Å². The van der Waals surface area contributed by atoms with E-state index in [1.54, 1.807) is 29.2 Å². The fourth-order valence-electron chi connectivity index (χ4n) is 4.59. The molecule has 32 heavy (non-hydrogen) atoms. The summed E-state index contributed by atoms with van der Waals surface area (Å²) in [6, 6.07) is 12.9. The first-order valence-corrected chi connectivity index (χ1v) is 11.3. The van der Waals surface area contributed by atoms with Gasteiger partial charge in [-0.2, -0.15) is 5.10 Å². The van der Waals surface area contributed by atoms with Crippen molar-refractivity contribution < 1.29 is 9.18 Å². The number of hydrogen-bond acceptors (Lipinski definition) is 4. The molecule has 2 heterocycles. The molecule has 1 aromatic heterocycles. The molecule has 2 fully saturated rings. The van der Waals surface area contributed by atoms with E-state index in [9.17, 15) is 14.0 Å². The average molecular weight is 435 g/mol. The number of nitrogens with zero attached hydrogens (tertiary/aromatic N) is 2. The van der Waals surface area contributed by atoms with Crippen LogP contribution in [-0.2, 0) is 6.42 Å². The Bertz CT molecular complexity index is 1210. The SMILES string of the molecule is CC(NC1CCC1)C1CN(C(=O)c2cc(Cc3n[nH]c(=O)c4ccccc34)ccc2F)C1. The first kappa shape index (κ1) is 20.8. The van der Waals surface area contributed by atoms with E-state index in [1.807, 2.05) is 12.1 Å². The molecule has 166 valence electrons. The molecule has 5 rings (SSSR count). The van der Waals surface area contributed by atoms with E-state index in [0.717, 1.165) is 10.9 Å². The number of amides is 1. The Labute approximate surface area is 185 Å². The van der Waals surface area contributed by atoms with Crippen molar-refractivity contribution in [1.82, 2.24) is 20.4 Å². The highest BCUT2D eigenvalue weighted by molar-refractivity contribution is 5.95. The van der Waals surface area contributed by atoms with Gasteiger partial charge in [-0.1, -0.05) is 30.7 Å². The summed E-state index contributed by atoms with van der Waals surface area (Å²) in [5.41, 5.74) is 1.31. The lowest BCUT2D eigenvalue weighted by Gasteiger charge is -2.44. The topological polar surface area (TPSA) is 78.1 Å². The van der Waals surface area contributed by atoms with Crippen LogP contribution in [0.15, 0.2) is 47.3 Å². The van der Waals surface area contributed by atoms with Crippen molar-refractivity contribution in [2.45, 2.75) is 44.7 Å². The second-order valence-corrected chi connectivity index (χ2v) is 9.09. The Hall–Kier alpha value is -3.06. The Morgan fingerprint density at radius 1 is 1.22 bits per heavy atom. The largest absolute Gasteiger partial charge is 0.338 e. The number of aromatic nitrogens is 2. The van der Waals surface area contributed by atoms with Crippen LogP contribution in [0, 0.1) is 11.7 Å². The number of benzene rings is 2. The lowest BCUT2D eigenvalue weighted by atomic mass is 9.87. The first-order chi connectivity index (χ1) is 15.5. The van der Waals surface area contributed by atoms with E-state index in [-0.39, 0.29) is 17.0 Å². The molecule has 1 amide bonds. The van der Waals surface area contributed by atoms with Gasteiger partial charge < -0.3 is 10.2 Å². The van der Waals surface area contributed by atoms with Crippen molar-refractivity contribution >= 4 is 16.7 Å². The van der Waals surface area contributed by atoms with Gasteiger partial charge in [0.05, 0.1) is 16.6 Å². The van der Waals surface area contributed by atoms with Crippen LogP contribution < -0.4 is 10.9 Å². The molecule has 6 nitrogen and oxygen atoms in total. The highest BCUT2D eigenvalue weighted by Gasteiger charge is 2.36. The molecule has 7 heteroatoms. The number of hydrogen-bond donors (Lipinski definition) is 2. The predicted molar refractivity (Wildman–Crippen MR) is 121 cm³/mol. The van der Waals surface area contributed by atoms with Crippen LogP contribution >= 0.6 is 0 Å². The molecule has 0 radical (unpaired) electrons. The second-order valence-electron chi connectivity index (χ2n) is 9.09. The molecule has 0 bridgehead atoms. The number of likely N-dealkylation sites (tertiary alicyclic amines) is 1. The van der Waals surface area contributed by atoms with E-state index in [1.165, 1.54) is 25.3 Å². The summed E-state index contributed by atoms with van der Waals surface area (Å²) in [5, 5.41) is 11.7. The molecule has 1 unspecified atom stereocenters. The molecule has 3 aromatic rings. The van der Waals surface area contributed by atoms with Crippen molar-refractivity contribution in [3.63, 3.8) is 0 Å². The minimum Gasteiger partial charge on any atom is -0.338 e. The zero-order valence-electron chi connectivity index (χ0n) is 18.1. The lowest BCUT2D eigenvalue weighted by molar-refractivity contribution is 0.0408. The average Bonchev–Trinajstić information content (AvgIpc) is 2.73. The molecule has 2 aromatic carbocycles. The minimum atomic E-state index is -0.512. The summed E-state index contributed by atoms with van der Waals surface area (Å²) in [6.45, 7) is 3.47. The zero-order valence-corrected chi connectivity index (χ0v) is 18.1. The summed E-state index contributed by atoms with van der Waals surface area (Å²) in [6.07, 6.45) is 4.15. The van der Waals surface area contributed by atoms with Crippen molar-refractivity contribution in [1.29, 1.82) is 0 Å². The summed E-state index contributed by atoms with van der Waals surface area (Å²) < 4.78 is 14.5. The molecule has 1 saturated heterocycles. The first-order valence-electron chi connectivity index (χ1n) is 11.3. The van der Waals surface area contributed by atoms with E-state index in [4.69, 9.17) is 0 Å². The number of aromatic amines is 1. The molecule has 1 aliphatic carbocycles. The van der Waals surface area contributed by atoms with E-state index in [2.05, 4.69) is 22.4 Å². The molecule has 2 N–H and O–H groups in total. The van der Waals surface area contributed by atoms with Gasteiger partial charge >= 0.3 is 0 Å². The molecule has 1 atom stereocenters. The molecule has 1 aliphatic heterocycles. The van der Waals surface area contributed by atoms with Gasteiger partial charge in [-0.05, 0) is 43.5 Å². The number of carbonyl (C=O) groups is 1. The second kappa shape index (κ2) is 8.47. The number of H-pyrrole nitrogens is 1. The molecular formula is C25H27FN4O2. The van der Waals surface area contributed by atoms with Crippen LogP contribution in [-0.4, -0.2) is 46.2 Å². The number of halogens is 1. The maximum atomic E-state index is 14.5. The zero-order chi connectivity index (χ0) is 22.2. The van der Waals surface area contributed by atoms with Crippen LogP contribution in [0.1, 0.15) is 47.8 Å². The van der Waals surface area contributed by atoms with Gasteiger partial charge in [0.1, 0.15) is 5.82 Å². The summed E-state index contributed by atoms with van der Waals surface area (Å²) in [7, 11) is 0. The molecular weight excluding hydrogens is 407 g/mol. The maximum Gasteiger partial charge on any atom is 0.272 e. The standard InChI is InChI=1S/C25H27FN4O2/c1-15(27-18-5-4-6-18)17-13-30(14-17)25(32)21-11-16(9-10-22(21)26)12-23-19-7-2-3-8-20(19)24(31)29-28-23/h2-3,7-11,15,17-18,27H,4-6,12-14H2,1H3,(H,29,31). The summed E-state index contributed by atoms with van der Waals surface area (Å²) in [5.74, 6) is -0.375. The fourth-order valence-corrected chi connectivity index (χ4v) is 4.59. The van der Waals surface area contributed by atoms with Crippen molar-refractivity contribution in [2.24, 2.45) is 5.92 Å². The van der Waals surface area contributed by atoms with Gasteiger partial charge in [-0.3, -0.25) is 9.59 Å². The highest BCUT2D eigenvalue weighted by atomic mass is 19.1. The quantitative estimate of drug-likeness (QED) is 0.624. The van der Waals surface area contributed by atoms with Crippen molar-refractivity contribution in [3.05, 3.63) is 75.5 Å². The number of rotatable bonds is 6. The van der Waals surface area contributed by atoms with Gasteiger partial charge in [0.25, 0.3) is 11.5 Å². The van der Waals surface area contributed by atoms with Crippen LogP contribution in [0.4, 0.5) is 4.39 Å². The van der Waals surface area contributed by atoms with Crippen molar-refractivity contribution in [2.75, 3.05) is 13.1 Å². The summed E-state index contributed by atoms with van der Waals surface area (Å²) >= 11 is 0. The van der Waals surface area contributed by atoms with E-state index < -0.39 is 5.82 Å². The van der Waals surface area contributed by atoms with Gasteiger partial charge in [-0.25, -0.2) is 9.49 Å². The molecule has 0 spiro atoms.